The largest absolute Gasteiger partial charge is 0.409 e. The fourth-order valence-electron chi connectivity index (χ4n) is 1.27. The van der Waals surface area contributed by atoms with E-state index in [1.54, 1.807) is 7.05 Å². The minimum absolute atomic E-state index is 0.0175. The summed E-state index contributed by atoms with van der Waals surface area (Å²) in [6, 6.07) is 9.43. The van der Waals surface area contributed by atoms with Gasteiger partial charge in [0.1, 0.15) is 0 Å². The van der Waals surface area contributed by atoms with Crippen LogP contribution in [-0.2, 0) is 11.2 Å². The Bertz CT molecular complexity index is 376. The van der Waals surface area contributed by atoms with Gasteiger partial charge in [-0.05, 0) is 5.56 Å². The van der Waals surface area contributed by atoms with Gasteiger partial charge in [0.15, 0.2) is 5.84 Å². The second-order valence-corrected chi connectivity index (χ2v) is 3.50. The molecule has 0 aromatic heterocycles. The molecule has 5 nitrogen and oxygen atoms in total. The lowest BCUT2D eigenvalue weighted by Crippen LogP contribution is -2.36. The minimum Gasteiger partial charge on any atom is -0.409 e. The predicted octanol–water partition coefficient (Wildman–Crippen LogP) is 0.434. The van der Waals surface area contributed by atoms with Crippen molar-refractivity contribution in [3.63, 3.8) is 0 Å². The molecule has 0 bridgehead atoms. The van der Waals surface area contributed by atoms with Gasteiger partial charge in [0.05, 0.1) is 13.0 Å². The van der Waals surface area contributed by atoms with E-state index in [1.807, 2.05) is 30.3 Å². The molecule has 1 aromatic rings. The average Bonchev–Trinajstić information content (AvgIpc) is 2.30. The highest BCUT2D eigenvalue weighted by molar-refractivity contribution is 5.87. The van der Waals surface area contributed by atoms with Crippen molar-refractivity contribution in [2.24, 2.45) is 10.9 Å². The molecule has 3 N–H and O–H groups in total. The molecule has 0 heterocycles. The van der Waals surface area contributed by atoms with Crippen molar-refractivity contribution in [3.05, 3.63) is 35.9 Å². The van der Waals surface area contributed by atoms with E-state index < -0.39 is 0 Å². The number of carbonyl (C=O) groups is 1. The normalized spacial score (nSPS) is 11.2. The number of nitrogens with zero attached hydrogens (tertiary/aromatic N) is 2. The number of amides is 1. The van der Waals surface area contributed by atoms with Gasteiger partial charge in [-0.15, -0.1) is 0 Å². The van der Waals surface area contributed by atoms with Crippen LogP contribution in [0.5, 0.6) is 0 Å². The molecule has 86 valence electrons. The molecule has 1 amide bonds. The van der Waals surface area contributed by atoms with Crippen molar-refractivity contribution in [2.45, 2.75) is 6.42 Å². The Kier molecular flexibility index (Phi) is 4.32. The summed E-state index contributed by atoms with van der Waals surface area (Å²) in [6.45, 7) is 0.127. The van der Waals surface area contributed by atoms with Gasteiger partial charge >= 0.3 is 0 Å². The van der Waals surface area contributed by atoms with E-state index in [2.05, 4.69) is 5.16 Å². The molecule has 0 saturated carbocycles. The highest BCUT2D eigenvalue weighted by atomic mass is 16.4. The molecular weight excluding hydrogens is 206 g/mol. The maximum Gasteiger partial charge on any atom is 0.227 e. The zero-order valence-electron chi connectivity index (χ0n) is 9.13. The van der Waals surface area contributed by atoms with Crippen LogP contribution in [0.25, 0.3) is 0 Å². The number of carbonyl (C=O) groups excluding carboxylic acids is 1. The highest BCUT2D eigenvalue weighted by Crippen LogP contribution is 2.01. The molecule has 0 aliphatic heterocycles. The fraction of sp³-hybridized carbons (Fsp3) is 0.273. The lowest BCUT2D eigenvalue weighted by molar-refractivity contribution is -0.128. The SMILES string of the molecule is CN(CC(N)=NO)C(=O)Cc1ccccc1. The lowest BCUT2D eigenvalue weighted by atomic mass is 10.1. The Labute approximate surface area is 94.2 Å². The van der Waals surface area contributed by atoms with Crippen LogP contribution in [-0.4, -0.2) is 35.4 Å². The molecule has 1 rings (SSSR count). The Morgan fingerprint density at radius 2 is 2.06 bits per heavy atom. The van der Waals surface area contributed by atoms with Crippen molar-refractivity contribution >= 4 is 11.7 Å². The zero-order valence-corrected chi connectivity index (χ0v) is 9.13. The molecule has 1 aromatic carbocycles. The molecule has 5 heteroatoms. The van der Waals surface area contributed by atoms with Crippen LogP contribution in [0.4, 0.5) is 0 Å². The summed E-state index contributed by atoms with van der Waals surface area (Å²) >= 11 is 0. The average molecular weight is 221 g/mol. The number of oxime groups is 1. The van der Waals surface area contributed by atoms with E-state index in [4.69, 9.17) is 10.9 Å². The summed E-state index contributed by atoms with van der Waals surface area (Å²) < 4.78 is 0. The smallest absolute Gasteiger partial charge is 0.227 e. The van der Waals surface area contributed by atoms with Crippen molar-refractivity contribution in [1.82, 2.24) is 4.90 Å². The Hall–Kier alpha value is -2.04. The van der Waals surface area contributed by atoms with Crippen molar-refractivity contribution in [2.75, 3.05) is 13.6 Å². The number of hydrogen-bond donors (Lipinski definition) is 2. The molecular formula is C11H15N3O2. The van der Waals surface area contributed by atoms with Crippen LogP contribution in [0.15, 0.2) is 35.5 Å². The molecule has 0 saturated heterocycles. The summed E-state index contributed by atoms with van der Waals surface area (Å²) in [5.41, 5.74) is 6.25. The van der Waals surface area contributed by atoms with Crippen LogP contribution >= 0.6 is 0 Å². The monoisotopic (exact) mass is 221 g/mol. The van der Waals surface area contributed by atoms with Gasteiger partial charge in [0, 0.05) is 7.05 Å². The van der Waals surface area contributed by atoms with E-state index in [-0.39, 0.29) is 18.3 Å². The number of nitrogens with two attached hydrogens (primary N) is 1. The molecule has 0 unspecified atom stereocenters. The summed E-state index contributed by atoms with van der Waals surface area (Å²) in [6.07, 6.45) is 0.316. The molecule has 0 spiro atoms. The first-order chi connectivity index (χ1) is 7.63. The number of likely N-dealkylation sites (N-methyl/N-ethyl adjacent to an activating group) is 1. The van der Waals surface area contributed by atoms with Crippen LogP contribution < -0.4 is 5.73 Å². The van der Waals surface area contributed by atoms with Gasteiger partial charge < -0.3 is 15.8 Å². The van der Waals surface area contributed by atoms with Gasteiger partial charge in [-0.1, -0.05) is 35.5 Å². The molecule has 0 aliphatic rings. The van der Waals surface area contributed by atoms with Crippen molar-refractivity contribution in [1.29, 1.82) is 0 Å². The van der Waals surface area contributed by atoms with Crippen LogP contribution in [0, 0.1) is 0 Å². The molecule has 16 heavy (non-hydrogen) atoms. The number of hydrogen-bond acceptors (Lipinski definition) is 3. The summed E-state index contributed by atoms with van der Waals surface area (Å²) in [5, 5.41) is 11.2. The number of rotatable bonds is 4. The summed E-state index contributed by atoms with van der Waals surface area (Å²) in [5.74, 6) is -0.0540. The Morgan fingerprint density at radius 1 is 1.44 bits per heavy atom. The zero-order chi connectivity index (χ0) is 12.0. The van der Waals surface area contributed by atoms with Crippen LogP contribution in [0.2, 0.25) is 0 Å². The number of amidine groups is 1. The standard InChI is InChI=1S/C11H15N3O2/c1-14(8-10(12)13-16)11(15)7-9-5-3-2-4-6-9/h2-6,16H,7-8H2,1H3,(H2,12,13). The third-order valence-electron chi connectivity index (χ3n) is 2.15. The van der Waals surface area contributed by atoms with E-state index in [1.165, 1.54) is 4.90 Å². The van der Waals surface area contributed by atoms with E-state index in [0.29, 0.717) is 6.42 Å². The van der Waals surface area contributed by atoms with Crippen LogP contribution in [0.1, 0.15) is 5.56 Å². The topological polar surface area (TPSA) is 78.9 Å². The second-order valence-electron chi connectivity index (χ2n) is 3.50. The first-order valence-corrected chi connectivity index (χ1v) is 4.87. The fourth-order valence-corrected chi connectivity index (χ4v) is 1.27. The minimum atomic E-state index is -0.0715. The van der Waals surface area contributed by atoms with E-state index in [9.17, 15) is 4.79 Å². The third kappa shape index (κ3) is 3.61. The van der Waals surface area contributed by atoms with Gasteiger partial charge in [0.25, 0.3) is 0 Å². The maximum atomic E-state index is 11.7. The van der Waals surface area contributed by atoms with Crippen molar-refractivity contribution in [3.8, 4) is 0 Å². The molecule has 0 aliphatic carbocycles. The summed E-state index contributed by atoms with van der Waals surface area (Å²) in [7, 11) is 1.61. The first kappa shape index (κ1) is 12.0. The quantitative estimate of drug-likeness (QED) is 0.335. The second kappa shape index (κ2) is 5.75. The predicted molar refractivity (Wildman–Crippen MR) is 61.2 cm³/mol. The number of benzene rings is 1. The molecule has 0 radical (unpaired) electrons. The van der Waals surface area contributed by atoms with Gasteiger partial charge in [-0.3, -0.25) is 4.79 Å². The van der Waals surface area contributed by atoms with Gasteiger partial charge in [-0.2, -0.15) is 0 Å². The van der Waals surface area contributed by atoms with Crippen molar-refractivity contribution < 1.29 is 10.0 Å². The van der Waals surface area contributed by atoms with E-state index >= 15 is 0 Å². The third-order valence-corrected chi connectivity index (χ3v) is 2.15. The highest BCUT2D eigenvalue weighted by Gasteiger charge is 2.10. The lowest BCUT2D eigenvalue weighted by Gasteiger charge is -2.15. The molecule has 0 atom stereocenters. The Morgan fingerprint density at radius 3 is 2.62 bits per heavy atom. The van der Waals surface area contributed by atoms with Crippen LogP contribution in [0.3, 0.4) is 0 Å². The Balaban J connectivity index is 2.53. The maximum absolute atomic E-state index is 11.7. The van der Waals surface area contributed by atoms with Gasteiger partial charge in [0.2, 0.25) is 5.91 Å². The summed E-state index contributed by atoms with van der Waals surface area (Å²) in [4.78, 5) is 13.1. The van der Waals surface area contributed by atoms with Gasteiger partial charge in [-0.25, -0.2) is 0 Å². The first-order valence-electron chi connectivity index (χ1n) is 4.87. The molecule has 0 fully saturated rings. The van der Waals surface area contributed by atoms with E-state index in [0.717, 1.165) is 5.56 Å².